The lowest BCUT2D eigenvalue weighted by Crippen LogP contribution is -2.07. The number of rotatable bonds is 5. The van der Waals surface area contributed by atoms with Gasteiger partial charge in [0.2, 0.25) is 0 Å². The van der Waals surface area contributed by atoms with Gasteiger partial charge in [0, 0.05) is 22.8 Å². The standard InChI is InChI=1S/C16H19ClN2O/c1-3-20-16-10-14(8-9-15(16)18)19-11(2)12-4-6-13(17)7-5-12/h4-11,19H,3,18H2,1-2H3. The Balaban J connectivity index is 2.13. The summed E-state index contributed by atoms with van der Waals surface area (Å²) in [6.45, 7) is 4.64. The van der Waals surface area contributed by atoms with Gasteiger partial charge < -0.3 is 15.8 Å². The predicted molar refractivity (Wildman–Crippen MR) is 85.5 cm³/mol. The minimum atomic E-state index is 0.172. The maximum absolute atomic E-state index is 5.90. The maximum atomic E-state index is 5.90. The predicted octanol–water partition coefficient (Wildman–Crippen LogP) is 4.49. The average Bonchev–Trinajstić information content (AvgIpc) is 2.43. The summed E-state index contributed by atoms with van der Waals surface area (Å²) in [5.74, 6) is 0.709. The highest BCUT2D eigenvalue weighted by molar-refractivity contribution is 6.30. The van der Waals surface area contributed by atoms with Crippen molar-refractivity contribution in [2.75, 3.05) is 17.7 Å². The third-order valence-electron chi connectivity index (χ3n) is 3.07. The van der Waals surface area contributed by atoms with Gasteiger partial charge in [-0.15, -0.1) is 0 Å². The molecule has 20 heavy (non-hydrogen) atoms. The minimum Gasteiger partial charge on any atom is -0.492 e. The molecule has 1 unspecified atom stereocenters. The van der Waals surface area contributed by atoms with Gasteiger partial charge in [0.05, 0.1) is 12.3 Å². The molecule has 0 aliphatic heterocycles. The van der Waals surface area contributed by atoms with Crippen LogP contribution in [-0.4, -0.2) is 6.61 Å². The van der Waals surface area contributed by atoms with Crippen LogP contribution in [0, 0.1) is 0 Å². The number of nitrogen functional groups attached to an aromatic ring is 1. The van der Waals surface area contributed by atoms with Crippen LogP contribution in [0.15, 0.2) is 42.5 Å². The van der Waals surface area contributed by atoms with Crippen LogP contribution in [-0.2, 0) is 0 Å². The van der Waals surface area contributed by atoms with Gasteiger partial charge in [0.1, 0.15) is 5.75 Å². The van der Waals surface area contributed by atoms with Crippen LogP contribution < -0.4 is 15.8 Å². The second-order valence-corrected chi connectivity index (χ2v) is 5.04. The van der Waals surface area contributed by atoms with Crippen molar-refractivity contribution < 1.29 is 4.74 Å². The molecule has 0 bridgehead atoms. The molecule has 0 amide bonds. The van der Waals surface area contributed by atoms with Crippen molar-refractivity contribution in [2.24, 2.45) is 0 Å². The number of halogens is 1. The quantitative estimate of drug-likeness (QED) is 0.797. The van der Waals surface area contributed by atoms with E-state index < -0.39 is 0 Å². The lowest BCUT2D eigenvalue weighted by Gasteiger charge is -2.17. The smallest absolute Gasteiger partial charge is 0.144 e. The zero-order valence-corrected chi connectivity index (χ0v) is 12.4. The Bertz CT molecular complexity index is 569. The number of anilines is 2. The molecule has 0 aliphatic carbocycles. The molecule has 0 saturated carbocycles. The first kappa shape index (κ1) is 14.5. The molecule has 0 heterocycles. The molecule has 0 aromatic heterocycles. The number of benzene rings is 2. The largest absolute Gasteiger partial charge is 0.492 e. The van der Waals surface area contributed by atoms with E-state index in [0.717, 1.165) is 10.7 Å². The van der Waals surface area contributed by atoms with Gasteiger partial charge in [-0.2, -0.15) is 0 Å². The van der Waals surface area contributed by atoms with E-state index in [1.807, 2.05) is 49.4 Å². The number of nitrogens with one attached hydrogen (secondary N) is 1. The Morgan fingerprint density at radius 3 is 2.55 bits per heavy atom. The molecule has 0 fully saturated rings. The monoisotopic (exact) mass is 290 g/mol. The van der Waals surface area contributed by atoms with E-state index in [0.29, 0.717) is 18.0 Å². The zero-order chi connectivity index (χ0) is 14.5. The fourth-order valence-electron chi connectivity index (χ4n) is 1.99. The first-order valence-electron chi connectivity index (χ1n) is 6.64. The van der Waals surface area contributed by atoms with Crippen molar-refractivity contribution in [2.45, 2.75) is 19.9 Å². The van der Waals surface area contributed by atoms with E-state index >= 15 is 0 Å². The topological polar surface area (TPSA) is 47.3 Å². The number of hydrogen-bond donors (Lipinski definition) is 2. The first-order valence-corrected chi connectivity index (χ1v) is 7.02. The Morgan fingerprint density at radius 1 is 1.20 bits per heavy atom. The summed E-state index contributed by atoms with van der Waals surface area (Å²) in [5, 5.41) is 4.17. The Kier molecular flexibility index (Phi) is 4.74. The molecule has 2 aromatic rings. The molecular weight excluding hydrogens is 272 g/mol. The summed E-state index contributed by atoms with van der Waals surface area (Å²) in [7, 11) is 0. The normalized spacial score (nSPS) is 11.9. The van der Waals surface area contributed by atoms with Crippen LogP contribution in [0.4, 0.5) is 11.4 Å². The zero-order valence-electron chi connectivity index (χ0n) is 11.7. The highest BCUT2D eigenvalue weighted by atomic mass is 35.5. The van der Waals surface area contributed by atoms with E-state index in [1.54, 1.807) is 0 Å². The third-order valence-corrected chi connectivity index (χ3v) is 3.32. The van der Waals surface area contributed by atoms with Crippen molar-refractivity contribution in [3.05, 3.63) is 53.1 Å². The third kappa shape index (κ3) is 3.58. The van der Waals surface area contributed by atoms with Crippen molar-refractivity contribution in [1.82, 2.24) is 0 Å². The molecule has 2 aromatic carbocycles. The fraction of sp³-hybridized carbons (Fsp3) is 0.250. The van der Waals surface area contributed by atoms with Crippen LogP contribution in [0.25, 0.3) is 0 Å². The second-order valence-electron chi connectivity index (χ2n) is 4.60. The number of hydrogen-bond acceptors (Lipinski definition) is 3. The van der Waals surface area contributed by atoms with Gasteiger partial charge in [-0.25, -0.2) is 0 Å². The van der Waals surface area contributed by atoms with Crippen LogP contribution in [0.2, 0.25) is 5.02 Å². The van der Waals surface area contributed by atoms with E-state index in [9.17, 15) is 0 Å². The van der Waals surface area contributed by atoms with Crippen molar-refractivity contribution >= 4 is 23.0 Å². The van der Waals surface area contributed by atoms with E-state index in [4.69, 9.17) is 22.1 Å². The van der Waals surface area contributed by atoms with Gasteiger partial charge in [-0.05, 0) is 43.7 Å². The number of nitrogens with two attached hydrogens (primary N) is 1. The van der Waals surface area contributed by atoms with Gasteiger partial charge in [0.25, 0.3) is 0 Å². The van der Waals surface area contributed by atoms with Gasteiger partial charge in [-0.1, -0.05) is 23.7 Å². The lowest BCUT2D eigenvalue weighted by molar-refractivity contribution is 0.342. The maximum Gasteiger partial charge on any atom is 0.144 e. The molecule has 0 saturated heterocycles. The molecule has 3 N–H and O–H groups in total. The minimum absolute atomic E-state index is 0.172. The number of ether oxygens (including phenoxy) is 1. The van der Waals surface area contributed by atoms with Crippen LogP contribution >= 0.6 is 11.6 Å². The van der Waals surface area contributed by atoms with Crippen molar-refractivity contribution in [3.63, 3.8) is 0 Å². The fourth-order valence-corrected chi connectivity index (χ4v) is 2.12. The average molecular weight is 291 g/mol. The molecular formula is C16H19ClN2O. The summed E-state index contributed by atoms with van der Waals surface area (Å²) in [6.07, 6.45) is 0. The Morgan fingerprint density at radius 2 is 1.90 bits per heavy atom. The van der Waals surface area contributed by atoms with Crippen LogP contribution in [0.3, 0.4) is 0 Å². The molecule has 3 nitrogen and oxygen atoms in total. The summed E-state index contributed by atoms with van der Waals surface area (Å²) in [4.78, 5) is 0. The van der Waals surface area contributed by atoms with E-state index in [2.05, 4.69) is 12.2 Å². The molecule has 1 atom stereocenters. The summed E-state index contributed by atoms with van der Waals surface area (Å²) in [6, 6.07) is 13.7. The molecule has 2 rings (SSSR count). The Labute approximate surface area is 124 Å². The highest BCUT2D eigenvalue weighted by Gasteiger charge is 2.07. The summed E-state index contributed by atoms with van der Waals surface area (Å²) in [5.41, 5.74) is 8.66. The van der Waals surface area contributed by atoms with Crippen molar-refractivity contribution in [1.29, 1.82) is 0 Å². The molecule has 4 heteroatoms. The van der Waals surface area contributed by atoms with Crippen LogP contribution in [0.5, 0.6) is 5.75 Å². The summed E-state index contributed by atoms with van der Waals surface area (Å²) < 4.78 is 5.50. The van der Waals surface area contributed by atoms with E-state index in [1.165, 1.54) is 5.56 Å². The molecule has 0 aliphatic rings. The van der Waals surface area contributed by atoms with Crippen molar-refractivity contribution in [3.8, 4) is 5.75 Å². The molecule has 0 radical (unpaired) electrons. The summed E-state index contributed by atoms with van der Waals surface area (Å²) >= 11 is 5.90. The lowest BCUT2D eigenvalue weighted by atomic mass is 10.1. The first-order chi connectivity index (χ1) is 9.60. The molecule has 106 valence electrons. The SMILES string of the molecule is CCOc1cc(NC(C)c2ccc(Cl)cc2)ccc1N. The Hall–Kier alpha value is -1.87. The van der Waals surface area contributed by atoms with Crippen LogP contribution in [0.1, 0.15) is 25.5 Å². The van der Waals surface area contributed by atoms with Gasteiger partial charge in [-0.3, -0.25) is 0 Å². The van der Waals surface area contributed by atoms with Gasteiger partial charge in [0.15, 0.2) is 0 Å². The highest BCUT2D eigenvalue weighted by Crippen LogP contribution is 2.28. The van der Waals surface area contributed by atoms with E-state index in [-0.39, 0.29) is 6.04 Å². The van der Waals surface area contributed by atoms with Gasteiger partial charge >= 0.3 is 0 Å². The second kappa shape index (κ2) is 6.53. The molecule has 0 spiro atoms.